The molecule has 2 heterocycles. The molecule has 0 radical (unpaired) electrons. The van der Waals surface area contributed by atoms with Gasteiger partial charge in [0.1, 0.15) is 17.9 Å². The maximum absolute atomic E-state index is 14.2. The van der Waals surface area contributed by atoms with Gasteiger partial charge >= 0.3 is 6.03 Å². The summed E-state index contributed by atoms with van der Waals surface area (Å²) >= 11 is 0. The fraction of sp³-hybridized carbons (Fsp3) is 0.444. The first-order valence-corrected chi connectivity index (χ1v) is 9.38. The SMILES string of the molecule is Cc1nnnn1-c1ccc(F)c(NC(=O)CN2C(=O)NC3(CCCCC3)C2=O)c1. The van der Waals surface area contributed by atoms with Gasteiger partial charge in [0, 0.05) is 0 Å². The van der Waals surface area contributed by atoms with Crippen molar-refractivity contribution in [3.05, 3.63) is 29.8 Å². The van der Waals surface area contributed by atoms with Gasteiger partial charge in [-0.25, -0.2) is 9.18 Å². The molecule has 1 saturated carbocycles. The summed E-state index contributed by atoms with van der Waals surface area (Å²) in [6.45, 7) is 1.19. The summed E-state index contributed by atoms with van der Waals surface area (Å²) in [5.41, 5.74) is -0.541. The number of rotatable bonds is 4. The summed E-state index contributed by atoms with van der Waals surface area (Å²) < 4.78 is 15.6. The van der Waals surface area contributed by atoms with E-state index in [0.717, 1.165) is 24.2 Å². The lowest BCUT2D eigenvalue weighted by Crippen LogP contribution is -2.48. The fourth-order valence-corrected chi connectivity index (χ4v) is 3.86. The highest BCUT2D eigenvalue weighted by Crippen LogP contribution is 2.33. The summed E-state index contributed by atoms with van der Waals surface area (Å²) in [6.07, 6.45) is 3.85. The highest BCUT2D eigenvalue weighted by Gasteiger charge is 2.51. The van der Waals surface area contributed by atoms with E-state index in [0.29, 0.717) is 24.4 Å². The number of nitrogens with one attached hydrogen (secondary N) is 2. The number of nitrogens with zero attached hydrogens (tertiary/aromatic N) is 5. The van der Waals surface area contributed by atoms with Crippen molar-refractivity contribution in [1.82, 2.24) is 30.4 Å². The molecule has 0 bridgehead atoms. The first kappa shape index (κ1) is 19.0. The number of imide groups is 1. The predicted octanol–water partition coefficient (Wildman–Crippen LogP) is 1.30. The number of aromatic nitrogens is 4. The van der Waals surface area contributed by atoms with E-state index in [1.807, 2.05) is 0 Å². The largest absolute Gasteiger partial charge is 0.325 e. The van der Waals surface area contributed by atoms with Gasteiger partial charge in [-0.1, -0.05) is 19.3 Å². The minimum Gasteiger partial charge on any atom is -0.323 e. The van der Waals surface area contributed by atoms with Crippen molar-refractivity contribution in [2.75, 3.05) is 11.9 Å². The second-order valence-electron chi connectivity index (χ2n) is 7.31. The summed E-state index contributed by atoms with van der Waals surface area (Å²) in [4.78, 5) is 38.4. The number of benzene rings is 1. The molecule has 11 heteroatoms. The molecule has 1 aromatic heterocycles. The van der Waals surface area contributed by atoms with E-state index in [4.69, 9.17) is 0 Å². The van der Waals surface area contributed by atoms with Gasteiger partial charge in [-0.05, 0) is 48.4 Å². The van der Waals surface area contributed by atoms with Gasteiger partial charge in [-0.2, -0.15) is 4.68 Å². The van der Waals surface area contributed by atoms with Crippen LogP contribution in [0.1, 0.15) is 37.9 Å². The quantitative estimate of drug-likeness (QED) is 0.745. The second-order valence-corrected chi connectivity index (χ2v) is 7.31. The van der Waals surface area contributed by atoms with Crippen LogP contribution in [0.15, 0.2) is 18.2 Å². The lowest BCUT2D eigenvalue weighted by atomic mass is 9.82. The second kappa shape index (κ2) is 7.22. The molecule has 10 nitrogen and oxygen atoms in total. The van der Waals surface area contributed by atoms with Crippen LogP contribution < -0.4 is 10.6 Å². The first-order chi connectivity index (χ1) is 13.9. The molecular weight excluding hydrogens is 381 g/mol. The van der Waals surface area contributed by atoms with Crippen LogP contribution in [0.3, 0.4) is 0 Å². The van der Waals surface area contributed by atoms with E-state index in [9.17, 15) is 18.8 Å². The number of halogens is 1. The van der Waals surface area contributed by atoms with E-state index in [1.54, 1.807) is 6.92 Å². The van der Waals surface area contributed by atoms with Crippen LogP contribution in [0.5, 0.6) is 0 Å². The van der Waals surface area contributed by atoms with Crippen LogP contribution in [0.4, 0.5) is 14.9 Å². The maximum atomic E-state index is 14.2. The van der Waals surface area contributed by atoms with Crippen molar-refractivity contribution in [2.24, 2.45) is 0 Å². The average Bonchev–Trinajstić information content (AvgIpc) is 3.21. The van der Waals surface area contributed by atoms with Gasteiger partial charge < -0.3 is 10.6 Å². The highest BCUT2D eigenvalue weighted by atomic mass is 19.1. The number of tetrazole rings is 1. The van der Waals surface area contributed by atoms with E-state index in [1.165, 1.54) is 22.9 Å². The van der Waals surface area contributed by atoms with Crippen LogP contribution in [-0.2, 0) is 9.59 Å². The number of amides is 4. The molecule has 0 atom stereocenters. The van der Waals surface area contributed by atoms with Gasteiger partial charge in [0.25, 0.3) is 5.91 Å². The zero-order valence-corrected chi connectivity index (χ0v) is 15.8. The van der Waals surface area contributed by atoms with Crippen LogP contribution >= 0.6 is 0 Å². The molecule has 29 heavy (non-hydrogen) atoms. The third-order valence-corrected chi connectivity index (χ3v) is 5.35. The number of hydrogen-bond acceptors (Lipinski definition) is 6. The van der Waals surface area contributed by atoms with E-state index < -0.39 is 35.7 Å². The Balaban J connectivity index is 1.48. The lowest BCUT2D eigenvalue weighted by Gasteiger charge is -2.30. The molecule has 1 aliphatic heterocycles. The lowest BCUT2D eigenvalue weighted by molar-refractivity contribution is -0.134. The Morgan fingerprint density at radius 3 is 2.72 bits per heavy atom. The van der Waals surface area contributed by atoms with Crippen molar-refractivity contribution in [3.63, 3.8) is 0 Å². The van der Waals surface area contributed by atoms with Crippen molar-refractivity contribution < 1.29 is 18.8 Å². The number of carbonyl (C=O) groups is 3. The Labute approximate surface area is 165 Å². The summed E-state index contributed by atoms with van der Waals surface area (Å²) in [6, 6.07) is 3.44. The van der Waals surface area contributed by atoms with Crippen molar-refractivity contribution in [3.8, 4) is 5.69 Å². The first-order valence-electron chi connectivity index (χ1n) is 9.38. The van der Waals surface area contributed by atoms with Gasteiger partial charge in [0.05, 0.1) is 11.4 Å². The monoisotopic (exact) mass is 401 g/mol. The number of anilines is 1. The molecule has 4 rings (SSSR count). The smallest absolute Gasteiger partial charge is 0.323 e. The number of aryl methyl sites for hydroxylation is 1. The molecule has 1 aliphatic carbocycles. The third kappa shape index (κ3) is 3.43. The molecular formula is C18H20FN7O3. The summed E-state index contributed by atoms with van der Waals surface area (Å²) in [7, 11) is 0. The minimum absolute atomic E-state index is 0.0955. The standard InChI is InChI=1S/C18H20FN7O3/c1-11-22-23-24-26(11)12-5-6-13(19)14(9-12)20-15(27)10-25-16(28)18(21-17(25)29)7-3-2-4-8-18/h5-6,9H,2-4,7-8,10H2,1H3,(H,20,27)(H,21,29). The molecule has 1 spiro atoms. The molecule has 4 amide bonds. The van der Waals surface area contributed by atoms with Gasteiger partial charge in [-0.15, -0.1) is 5.10 Å². The normalized spacial score (nSPS) is 18.2. The van der Waals surface area contributed by atoms with Crippen LogP contribution in [0, 0.1) is 12.7 Å². The minimum atomic E-state index is -0.904. The van der Waals surface area contributed by atoms with E-state index in [-0.39, 0.29) is 5.69 Å². The van der Waals surface area contributed by atoms with Crippen LogP contribution in [0.25, 0.3) is 5.69 Å². The molecule has 1 saturated heterocycles. The van der Waals surface area contributed by atoms with Crippen molar-refractivity contribution in [2.45, 2.75) is 44.6 Å². The number of hydrogen-bond donors (Lipinski definition) is 2. The third-order valence-electron chi connectivity index (χ3n) is 5.35. The number of urea groups is 1. The van der Waals surface area contributed by atoms with Gasteiger partial charge in [0.2, 0.25) is 5.91 Å². The highest BCUT2D eigenvalue weighted by molar-refractivity contribution is 6.10. The Morgan fingerprint density at radius 2 is 2.03 bits per heavy atom. The molecule has 0 unspecified atom stereocenters. The zero-order valence-electron chi connectivity index (χ0n) is 15.8. The summed E-state index contributed by atoms with van der Waals surface area (Å²) in [5, 5.41) is 16.3. The van der Waals surface area contributed by atoms with Crippen molar-refractivity contribution in [1.29, 1.82) is 0 Å². The molecule has 2 aromatic rings. The van der Waals surface area contributed by atoms with Crippen LogP contribution in [-0.4, -0.2) is 55.0 Å². The Hall–Kier alpha value is -3.37. The summed E-state index contributed by atoms with van der Waals surface area (Å²) in [5.74, 6) is -1.23. The molecule has 2 aliphatic rings. The predicted molar refractivity (Wildman–Crippen MR) is 98.5 cm³/mol. The van der Waals surface area contributed by atoms with Crippen molar-refractivity contribution >= 4 is 23.5 Å². The fourth-order valence-electron chi connectivity index (χ4n) is 3.86. The van der Waals surface area contributed by atoms with Gasteiger partial charge in [0.15, 0.2) is 5.82 Å². The molecule has 152 valence electrons. The zero-order chi connectivity index (χ0) is 20.6. The molecule has 2 N–H and O–H groups in total. The maximum Gasteiger partial charge on any atom is 0.325 e. The Kier molecular flexibility index (Phi) is 4.73. The van der Waals surface area contributed by atoms with Crippen LogP contribution in [0.2, 0.25) is 0 Å². The topological polar surface area (TPSA) is 122 Å². The molecule has 2 fully saturated rings. The Bertz CT molecular complexity index is 984. The average molecular weight is 401 g/mol. The molecule has 1 aromatic carbocycles. The van der Waals surface area contributed by atoms with E-state index in [2.05, 4.69) is 26.2 Å². The number of carbonyl (C=O) groups excluding carboxylic acids is 3. The Morgan fingerprint density at radius 1 is 1.28 bits per heavy atom. The van der Waals surface area contributed by atoms with Gasteiger partial charge in [-0.3, -0.25) is 14.5 Å². The van der Waals surface area contributed by atoms with E-state index >= 15 is 0 Å².